The van der Waals surface area contributed by atoms with Crippen molar-refractivity contribution in [3.63, 3.8) is 0 Å². The summed E-state index contributed by atoms with van der Waals surface area (Å²) in [5.41, 5.74) is 0.0902. The first-order valence-electron chi connectivity index (χ1n) is 6.73. The maximum Gasteiger partial charge on any atom is 0.0777 e. The van der Waals surface area contributed by atoms with E-state index in [1.54, 1.807) is 0 Å². The van der Waals surface area contributed by atoms with Gasteiger partial charge in [-0.05, 0) is 45.7 Å². The smallest absolute Gasteiger partial charge is 0.0777 e. The Morgan fingerprint density at radius 3 is 2.94 bits per heavy atom. The molecule has 0 spiro atoms. The van der Waals surface area contributed by atoms with Gasteiger partial charge in [-0.1, -0.05) is 6.42 Å². The Morgan fingerprint density at radius 2 is 2.25 bits per heavy atom. The predicted octanol–water partition coefficient (Wildman–Crippen LogP) is 1.63. The monoisotopic (exact) mass is 226 g/mol. The molecule has 0 aromatic carbocycles. The zero-order chi connectivity index (χ0) is 11.4. The highest BCUT2D eigenvalue weighted by Gasteiger charge is 2.31. The zero-order valence-electron chi connectivity index (χ0n) is 10.8. The minimum atomic E-state index is 0.0902. The van der Waals surface area contributed by atoms with Crippen LogP contribution in [0.1, 0.15) is 39.0 Å². The van der Waals surface area contributed by atoms with Gasteiger partial charge >= 0.3 is 0 Å². The van der Waals surface area contributed by atoms with Gasteiger partial charge in [-0.25, -0.2) is 0 Å². The molecule has 0 radical (unpaired) electrons. The molecular formula is C13H26N2O. The third-order valence-electron chi connectivity index (χ3n) is 4.12. The quantitative estimate of drug-likeness (QED) is 0.791. The van der Waals surface area contributed by atoms with Crippen LogP contribution in [0.25, 0.3) is 0 Å². The Hall–Kier alpha value is -0.120. The van der Waals surface area contributed by atoms with Crippen LogP contribution in [0.15, 0.2) is 0 Å². The summed E-state index contributed by atoms with van der Waals surface area (Å²) in [5, 5.41) is 3.63. The Labute approximate surface area is 99.5 Å². The molecule has 2 aliphatic heterocycles. The first-order chi connectivity index (χ1) is 7.72. The Morgan fingerprint density at radius 1 is 1.38 bits per heavy atom. The van der Waals surface area contributed by atoms with Gasteiger partial charge in [0.15, 0.2) is 0 Å². The average molecular weight is 226 g/mol. The van der Waals surface area contributed by atoms with E-state index >= 15 is 0 Å². The van der Waals surface area contributed by atoms with E-state index in [0.717, 1.165) is 6.54 Å². The molecule has 2 heterocycles. The second kappa shape index (κ2) is 5.48. The van der Waals surface area contributed by atoms with Crippen molar-refractivity contribution in [1.82, 2.24) is 10.2 Å². The molecule has 0 amide bonds. The fourth-order valence-corrected chi connectivity index (χ4v) is 3.02. The molecule has 2 fully saturated rings. The molecule has 0 aromatic rings. The van der Waals surface area contributed by atoms with Crippen molar-refractivity contribution in [3.05, 3.63) is 0 Å². The van der Waals surface area contributed by atoms with E-state index in [4.69, 9.17) is 4.74 Å². The molecule has 2 unspecified atom stereocenters. The SMILES string of the molecule is COC1(C)CCCN(CC2CCCCN2)C1. The molecular weight excluding hydrogens is 200 g/mol. The largest absolute Gasteiger partial charge is 0.377 e. The van der Waals surface area contributed by atoms with Crippen LogP contribution in [0.3, 0.4) is 0 Å². The Balaban J connectivity index is 1.80. The third-order valence-corrected chi connectivity index (χ3v) is 4.12. The maximum atomic E-state index is 5.64. The Kier molecular flexibility index (Phi) is 4.22. The molecule has 3 nitrogen and oxygen atoms in total. The summed E-state index contributed by atoms with van der Waals surface area (Å²) in [5.74, 6) is 0. The summed E-state index contributed by atoms with van der Waals surface area (Å²) in [6.45, 7) is 7.01. The average Bonchev–Trinajstić information content (AvgIpc) is 2.30. The van der Waals surface area contributed by atoms with Crippen molar-refractivity contribution in [1.29, 1.82) is 0 Å². The lowest BCUT2D eigenvalue weighted by atomic mass is 9.94. The van der Waals surface area contributed by atoms with E-state index in [2.05, 4.69) is 17.1 Å². The molecule has 0 saturated carbocycles. The summed E-state index contributed by atoms with van der Waals surface area (Å²) in [6, 6.07) is 0.716. The minimum absolute atomic E-state index is 0.0902. The number of ether oxygens (including phenoxy) is 1. The normalized spacial score (nSPS) is 37.5. The number of hydrogen-bond acceptors (Lipinski definition) is 3. The molecule has 3 heteroatoms. The first kappa shape index (κ1) is 12.3. The van der Waals surface area contributed by atoms with E-state index in [1.807, 2.05) is 7.11 Å². The van der Waals surface area contributed by atoms with Gasteiger partial charge in [0.25, 0.3) is 0 Å². The van der Waals surface area contributed by atoms with Crippen LogP contribution in [-0.4, -0.2) is 49.8 Å². The van der Waals surface area contributed by atoms with Gasteiger partial charge in [-0.15, -0.1) is 0 Å². The lowest BCUT2D eigenvalue weighted by Crippen LogP contribution is -2.52. The van der Waals surface area contributed by atoms with Crippen molar-refractivity contribution in [2.75, 3.05) is 33.3 Å². The van der Waals surface area contributed by atoms with Crippen molar-refractivity contribution >= 4 is 0 Å². The summed E-state index contributed by atoms with van der Waals surface area (Å²) < 4.78 is 5.64. The molecule has 94 valence electrons. The first-order valence-corrected chi connectivity index (χ1v) is 6.73. The standard InChI is InChI=1S/C13H26N2O/c1-13(16-2)7-5-9-15(11-13)10-12-6-3-4-8-14-12/h12,14H,3-11H2,1-2H3. The van der Waals surface area contributed by atoms with Crippen molar-refractivity contribution < 1.29 is 4.74 Å². The van der Waals surface area contributed by atoms with E-state index in [0.29, 0.717) is 6.04 Å². The van der Waals surface area contributed by atoms with Crippen molar-refractivity contribution in [3.8, 4) is 0 Å². The molecule has 0 bridgehead atoms. The fraction of sp³-hybridized carbons (Fsp3) is 1.00. The summed E-state index contributed by atoms with van der Waals surface area (Å²) in [6.07, 6.45) is 6.58. The molecule has 2 rings (SSSR count). The van der Waals surface area contributed by atoms with Gasteiger partial charge in [-0.2, -0.15) is 0 Å². The lowest BCUT2D eigenvalue weighted by Gasteiger charge is -2.41. The van der Waals surface area contributed by atoms with Crippen LogP contribution >= 0.6 is 0 Å². The Bertz CT molecular complexity index is 216. The number of methoxy groups -OCH3 is 1. The minimum Gasteiger partial charge on any atom is -0.377 e. The van der Waals surface area contributed by atoms with Crippen LogP contribution in [0.4, 0.5) is 0 Å². The topological polar surface area (TPSA) is 24.5 Å². The van der Waals surface area contributed by atoms with Crippen LogP contribution in [0.2, 0.25) is 0 Å². The second-order valence-electron chi connectivity index (χ2n) is 5.64. The number of nitrogens with one attached hydrogen (secondary N) is 1. The van der Waals surface area contributed by atoms with Crippen LogP contribution in [0, 0.1) is 0 Å². The van der Waals surface area contributed by atoms with Crippen LogP contribution in [-0.2, 0) is 4.74 Å². The molecule has 16 heavy (non-hydrogen) atoms. The number of hydrogen-bond donors (Lipinski definition) is 1. The number of nitrogens with zero attached hydrogens (tertiary/aromatic N) is 1. The molecule has 0 aliphatic carbocycles. The summed E-state index contributed by atoms with van der Waals surface area (Å²) >= 11 is 0. The summed E-state index contributed by atoms with van der Waals surface area (Å²) in [7, 11) is 1.85. The van der Waals surface area contributed by atoms with Gasteiger partial charge in [0.05, 0.1) is 5.60 Å². The number of rotatable bonds is 3. The van der Waals surface area contributed by atoms with E-state index < -0.39 is 0 Å². The second-order valence-corrected chi connectivity index (χ2v) is 5.64. The van der Waals surface area contributed by atoms with Crippen LogP contribution < -0.4 is 5.32 Å². The van der Waals surface area contributed by atoms with Crippen molar-refractivity contribution in [2.45, 2.75) is 50.7 Å². The fourth-order valence-electron chi connectivity index (χ4n) is 3.02. The van der Waals surface area contributed by atoms with Gasteiger partial charge < -0.3 is 10.1 Å². The summed E-state index contributed by atoms with van der Waals surface area (Å²) in [4.78, 5) is 2.58. The van der Waals surface area contributed by atoms with Gasteiger partial charge in [-0.3, -0.25) is 4.90 Å². The van der Waals surface area contributed by atoms with Crippen LogP contribution in [0.5, 0.6) is 0 Å². The van der Waals surface area contributed by atoms with E-state index in [9.17, 15) is 0 Å². The predicted molar refractivity (Wildman–Crippen MR) is 66.7 cm³/mol. The third kappa shape index (κ3) is 3.19. The maximum absolute atomic E-state index is 5.64. The zero-order valence-corrected chi connectivity index (χ0v) is 10.8. The highest BCUT2D eigenvalue weighted by atomic mass is 16.5. The van der Waals surface area contributed by atoms with E-state index in [1.165, 1.54) is 51.7 Å². The number of piperidine rings is 2. The number of likely N-dealkylation sites (tertiary alicyclic amines) is 1. The lowest BCUT2D eigenvalue weighted by molar-refractivity contribution is -0.0527. The molecule has 1 N–H and O–H groups in total. The highest BCUT2D eigenvalue weighted by molar-refractivity contribution is 4.87. The molecule has 2 saturated heterocycles. The molecule has 2 aliphatic rings. The van der Waals surface area contributed by atoms with Crippen molar-refractivity contribution in [2.24, 2.45) is 0 Å². The molecule has 0 aromatic heterocycles. The van der Waals surface area contributed by atoms with Gasteiger partial charge in [0, 0.05) is 26.2 Å². The van der Waals surface area contributed by atoms with E-state index in [-0.39, 0.29) is 5.60 Å². The molecule has 2 atom stereocenters. The van der Waals surface area contributed by atoms with Gasteiger partial charge in [0.1, 0.15) is 0 Å². The van der Waals surface area contributed by atoms with Gasteiger partial charge in [0.2, 0.25) is 0 Å². The highest BCUT2D eigenvalue weighted by Crippen LogP contribution is 2.24.